The number of hydrogen-bond donors (Lipinski definition) is 0. The quantitative estimate of drug-likeness (QED) is 0.172. The van der Waals surface area contributed by atoms with Gasteiger partial charge in [-0.1, -0.05) is 140 Å². The lowest BCUT2D eigenvalue weighted by Crippen LogP contribution is -2.20. The van der Waals surface area contributed by atoms with Crippen molar-refractivity contribution in [3.63, 3.8) is 0 Å². The molecule has 2 aliphatic rings. The van der Waals surface area contributed by atoms with Gasteiger partial charge in [0.2, 0.25) is 5.95 Å². The number of ether oxygens (including phenoxy) is 2. The molecule has 69 heavy (non-hydrogen) atoms. The van der Waals surface area contributed by atoms with E-state index in [0.29, 0.717) is 5.95 Å². The third-order valence-corrected chi connectivity index (χ3v) is 13.9. The number of nitrogens with zero attached hydrogens (tertiary/aromatic N) is 5. The summed E-state index contributed by atoms with van der Waals surface area (Å²) in [4.78, 5) is 12.8. The molecule has 0 saturated heterocycles. The van der Waals surface area contributed by atoms with Crippen LogP contribution in [-0.2, 0) is 0 Å². The normalized spacial score (nSPS) is 12.6. The molecule has 0 saturated carbocycles. The second kappa shape index (κ2) is 14.5. The zero-order chi connectivity index (χ0) is 45.2. The van der Waals surface area contributed by atoms with Gasteiger partial charge in [0.1, 0.15) is 5.69 Å². The number of fused-ring (bicyclic) bond motifs is 11. The summed E-state index contributed by atoms with van der Waals surface area (Å²) in [7, 11) is 0. The van der Waals surface area contributed by atoms with Gasteiger partial charge in [-0.05, 0) is 95.1 Å². The first kappa shape index (κ1) is 37.7. The number of aromatic nitrogens is 4. The van der Waals surface area contributed by atoms with Crippen LogP contribution in [0.2, 0.25) is 0 Å². The lowest BCUT2D eigenvalue weighted by Gasteiger charge is -2.38. The van der Waals surface area contributed by atoms with E-state index in [-0.39, 0.29) is 0 Å². The molecule has 0 fully saturated rings. The Kier molecular flexibility index (Phi) is 7.94. The molecule has 0 radical (unpaired) electrons. The molecule has 0 unspecified atom stereocenters. The maximum atomic E-state index is 6.75. The molecule has 0 amide bonds. The summed E-state index contributed by atoms with van der Waals surface area (Å²) in [6.45, 7) is 0. The molecular weight excluding hydrogens is 847 g/mol. The summed E-state index contributed by atoms with van der Waals surface area (Å²) < 4.78 is 18.1. The first-order valence-corrected chi connectivity index (χ1v) is 23.2. The Balaban J connectivity index is 0.919. The summed E-state index contributed by atoms with van der Waals surface area (Å²) in [5.74, 6) is 3.71. The van der Waals surface area contributed by atoms with E-state index >= 15 is 0 Å². The smallest absolute Gasteiger partial charge is 0.235 e. The van der Waals surface area contributed by atoms with Gasteiger partial charge in [-0.15, -0.1) is 0 Å². The number of benzene rings is 10. The lowest BCUT2D eigenvalue weighted by molar-refractivity contribution is 0.445. The van der Waals surface area contributed by atoms with Crippen LogP contribution in [0.25, 0.3) is 99.7 Å². The monoisotopic (exact) mass is 883 g/mol. The summed E-state index contributed by atoms with van der Waals surface area (Å²) in [5.41, 5.74) is 15.5. The molecule has 5 heterocycles. The lowest BCUT2D eigenvalue weighted by atomic mass is 9.99. The van der Waals surface area contributed by atoms with Crippen molar-refractivity contribution < 1.29 is 9.47 Å². The van der Waals surface area contributed by atoms with Gasteiger partial charge in [0.05, 0.1) is 50.3 Å². The van der Waals surface area contributed by atoms with Crippen LogP contribution in [0.4, 0.5) is 17.1 Å². The third-order valence-electron chi connectivity index (χ3n) is 13.9. The maximum Gasteiger partial charge on any atom is 0.235 e. The maximum absolute atomic E-state index is 6.75. The van der Waals surface area contributed by atoms with Gasteiger partial charge >= 0.3 is 0 Å². The van der Waals surface area contributed by atoms with Crippen LogP contribution in [0.15, 0.2) is 224 Å². The minimum absolute atomic E-state index is 0.642. The molecule has 7 heteroatoms. The van der Waals surface area contributed by atoms with Crippen LogP contribution in [-0.4, -0.2) is 19.1 Å². The second-order valence-electron chi connectivity index (χ2n) is 17.8. The largest absolute Gasteiger partial charge is 0.453 e. The number of rotatable bonds is 5. The van der Waals surface area contributed by atoms with Crippen LogP contribution in [0.1, 0.15) is 0 Å². The molecule has 0 N–H and O–H groups in total. The van der Waals surface area contributed by atoms with E-state index in [4.69, 9.17) is 19.4 Å². The van der Waals surface area contributed by atoms with Crippen LogP contribution in [0.5, 0.6) is 23.0 Å². The SMILES string of the molecule is c1ccc(-c2ccc3c(c2)c2cc(-c4ccc5c(c4)c4ccccc4n5-c4nc(-c5ccccc5)c5ccccc5n4)ccc2n3-c2cc3c4c(c2)Oc2ccccc2N4c2ccccc2O3)cc1. The van der Waals surface area contributed by atoms with Gasteiger partial charge in [-0.3, -0.25) is 9.47 Å². The molecule has 0 atom stereocenters. The fourth-order valence-corrected chi connectivity index (χ4v) is 10.8. The highest BCUT2D eigenvalue weighted by atomic mass is 16.5. The summed E-state index contributed by atoms with van der Waals surface area (Å²) in [5, 5.41) is 5.59. The Morgan fingerprint density at radius 3 is 1.43 bits per heavy atom. The molecule has 0 spiro atoms. The fraction of sp³-hybridized carbons (Fsp3) is 0. The van der Waals surface area contributed by atoms with Crippen molar-refractivity contribution >= 4 is 71.6 Å². The molecule has 13 aromatic rings. The first-order chi connectivity index (χ1) is 34.2. The number of hydrogen-bond acceptors (Lipinski definition) is 5. The van der Waals surface area contributed by atoms with Gasteiger partial charge in [-0.25, -0.2) is 9.97 Å². The molecule has 0 aliphatic carbocycles. The Bertz CT molecular complexity index is 4200. The van der Waals surface area contributed by atoms with Crippen molar-refractivity contribution in [3.8, 4) is 68.1 Å². The Hall–Kier alpha value is -9.46. The van der Waals surface area contributed by atoms with E-state index < -0.39 is 0 Å². The van der Waals surface area contributed by atoms with E-state index in [1.165, 1.54) is 5.56 Å². The Labute approximate surface area is 395 Å². The van der Waals surface area contributed by atoms with Gasteiger partial charge in [0.15, 0.2) is 23.0 Å². The second-order valence-corrected chi connectivity index (χ2v) is 17.8. The third kappa shape index (κ3) is 5.68. The summed E-state index contributed by atoms with van der Waals surface area (Å²) in [6, 6.07) is 79.0. The van der Waals surface area contributed by atoms with Crippen LogP contribution >= 0.6 is 0 Å². The minimum Gasteiger partial charge on any atom is -0.453 e. The van der Waals surface area contributed by atoms with Gasteiger partial charge in [0.25, 0.3) is 0 Å². The van der Waals surface area contributed by atoms with Gasteiger partial charge in [-0.2, -0.15) is 0 Å². The van der Waals surface area contributed by atoms with Crippen molar-refractivity contribution in [2.45, 2.75) is 0 Å². The highest BCUT2D eigenvalue weighted by molar-refractivity contribution is 6.13. The predicted molar refractivity (Wildman–Crippen MR) is 279 cm³/mol. The number of anilines is 3. The standard InChI is InChI=1S/C62H37N5O2/c1-3-15-38(16-4-1)40-27-30-51-47(33-40)48-35-42(28-31-52(48)65(51)43-36-58-61-59(37-43)69-57-26-14-12-24-55(57)66(61)54-23-11-13-25-56(54)68-58)41-29-32-53-46(34-41)44-19-8-10-22-50(44)67(53)62-63-49-21-9-7-20-45(49)60(64-62)39-17-5-2-6-18-39/h1-37H. The van der Waals surface area contributed by atoms with E-state index in [0.717, 1.165) is 128 Å². The molecule has 15 rings (SSSR count). The molecule has 2 aliphatic heterocycles. The van der Waals surface area contributed by atoms with Crippen LogP contribution in [0, 0.1) is 0 Å². The fourth-order valence-electron chi connectivity index (χ4n) is 10.8. The van der Waals surface area contributed by atoms with Crippen LogP contribution < -0.4 is 14.4 Å². The van der Waals surface area contributed by atoms with Gasteiger partial charge < -0.3 is 14.0 Å². The van der Waals surface area contributed by atoms with Gasteiger partial charge in [0, 0.05) is 44.6 Å². The molecule has 7 nitrogen and oxygen atoms in total. The zero-order valence-corrected chi connectivity index (χ0v) is 36.9. The average Bonchev–Trinajstić information content (AvgIpc) is 3.92. The molecule has 3 aromatic heterocycles. The van der Waals surface area contributed by atoms with E-state index in [1.54, 1.807) is 0 Å². The molecule has 322 valence electrons. The van der Waals surface area contributed by atoms with Crippen molar-refractivity contribution in [3.05, 3.63) is 224 Å². The van der Waals surface area contributed by atoms with E-state index in [9.17, 15) is 0 Å². The Morgan fingerprint density at radius 2 is 0.797 bits per heavy atom. The summed E-state index contributed by atoms with van der Waals surface area (Å²) in [6.07, 6.45) is 0. The zero-order valence-electron chi connectivity index (χ0n) is 36.9. The minimum atomic E-state index is 0.642. The highest BCUT2D eigenvalue weighted by Crippen LogP contribution is 2.60. The number of para-hydroxylation sites is 6. The molecular formula is C62H37N5O2. The molecule has 10 aromatic carbocycles. The predicted octanol–water partition coefficient (Wildman–Crippen LogP) is 16.5. The first-order valence-electron chi connectivity index (χ1n) is 23.2. The van der Waals surface area contributed by atoms with E-state index in [1.807, 2.05) is 48.5 Å². The van der Waals surface area contributed by atoms with Crippen molar-refractivity contribution in [2.24, 2.45) is 0 Å². The summed E-state index contributed by atoms with van der Waals surface area (Å²) >= 11 is 0. The average molecular weight is 884 g/mol. The van der Waals surface area contributed by atoms with E-state index in [2.05, 4.69) is 190 Å². The Morgan fingerprint density at radius 1 is 0.319 bits per heavy atom. The molecule has 0 bridgehead atoms. The van der Waals surface area contributed by atoms with Crippen molar-refractivity contribution in [1.29, 1.82) is 0 Å². The topological polar surface area (TPSA) is 57.3 Å². The highest BCUT2D eigenvalue weighted by Gasteiger charge is 2.35. The van der Waals surface area contributed by atoms with Crippen molar-refractivity contribution in [2.75, 3.05) is 4.90 Å². The van der Waals surface area contributed by atoms with Crippen LogP contribution in [0.3, 0.4) is 0 Å². The van der Waals surface area contributed by atoms with Crippen molar-refractivity contribution in [1.82, 2.24) is 19.1 Å².